The largest absolute Gasteiger partial charge is 0.459 e. The van der Waals surface area contributed by atoms with Gasteiger partial charge in [-0.05, 0) is 35.7 Å². The van der Waals surface area contributed by atoms with Crippen molar-refractivity contribution in [1.29, 1.82) is 0 Å². The van der Waals surface area contributed by atoms with Crippen molar-refractivity contribution >= 4 is 44.0 Å². The van der Waals surface area contributed by atoms with Crippen molar-refractivity contribution in [2.45, 2.75) is 6.04 Å². The maximum absolute atomic E-state index is 6.37. The van der Waals surface area contributed by atoms with Crippen molar-refractivity contribution in [3.63, 3.8) is 0 Å². The molecule has 0 saturated heterocycles. The van der Waals surface area contributed by atoms with Crippen molar-refractivity contribution in [2.24, 2.45) is 5.73 Å². The van der Waals surface area contributed by atoms with Crippen LogP contribution in [0.1, 0.15) is 16.7 Å². The van der Waals surface area contributed by atoms with Crippen LogP contribution in [0.15, 0.2) is 59.0 Å². The first kappa shape index (κ1) is 12.9. The SMILES string of the molecule is NC(c1cc2c(Cl)cccc2o1)c1cc2ccccc2s1. The summed E-state index contributed by atoms with van der Waals surface area (Å²) in [5, 5.41) is 2.80. The Balaban J connectivity index is 1.81. The highest BCUT2D eigenvalue weighted by molar-refractivity contribution is 7.19. The number of hydrogen-bond acceptors (Lipinski definition) is 3. The first-order valence-corrected chi connectivity index (χ1v) is 7.84. The summed E-state index contributed by atoms with van der Waals surface area (Å²) in [7, 11) is 0. The molecule has 1 unspecified atom stereocenters. The zero-order valence-electron chi connectivity index (χ0n) is 11.0. The van der Waals surface area contributed by atoms with E-state index in [1.54, 1.807) is 11.3 Å². The molecular formula is C17H12ClNOS. The second kappa shape index (κ2) is 4.88. The molecule has 0 aliphatic rings. The highest BCUT2D eigenvalue weighted by Crippen LogP contribution is 2.35. The van der Waals surface area contributed by atoms with Gasteiger partial charge >= 0.3 is 0 Å². The third-order valence-corrected chi connectivity index (χ3v) is 5.11. The summed E-state index contributed by atoms with van der Waals surface area (Å²) >= 11 is 7.88. The molecule has 0 spiro atoms. The van der Waals surface area contributed by atoms with Crippen LogP contribution in [-0.2, 0) is 0 Å². The lowest BCUT2D eigenvalue weighted by Crippen LogP contribution is -2.08. The Morgan fingerprint density at radius 3 is 2.71 bits per heavy atom. The van der Waals surface area contributed by atoms with Crippen molar-refractivity contribution in [2.75, 3.05) is 0 Å². The first-order chi connectivity index (χ1) is 10.2. The number of hydrogen-bond donors (Lipinski definition) is 1. The van der Waals surface area contributed by atoms with Gasteiger partial charge in [0.1, 0.15) is 11.3 Å². The minimum Gasteiger partial charge on any atom is -0.459 e. The fourth-order valence-corrected chi connectivity index (χ4v) is 3.79. The van der Waals surface area contributed by atoms with Crippen molar-refractivity contribution in [1.82, 2.24) is 0 Å². The average molecular weight is 314 g/mol. The molecular weight excluding hydrogens is 302 g/mol. The third-order valence-electron chi connectivity index (χ3n) is 3.58. The van der Waals surface area contributed by atoms with Crippen LogP contribution in [0.4, 0.5) is 0 Å². The molecule has 1 atom stereocenters. The van der Waals surface area contributed by atoms with E-state index < -0.39 is 0 Å². The van der Waals surface area contributed by atoms with E-state index in [9.17, 15) is 0 Å². The molecule has 4 heteroatoms. The Labute approximate surface area is 130 Å². The van der Waals surface area contributed by atoms with E-state index in [4.69, 9.17) is 21.8 Å². The van der Waals surface area contributed by atoms with E-state index in [1.165, 1.54) is 10.1 Å². The van der Waals surface area contributed by atoms with E-state index in [2.05, 4.69) is 18.2 Å². The molecule has 0 aliphatic heterocycles. The Morgan fingerprint density at radius 2 is 1.90 bits per heavy atom. The van der Waals surface area contributed by atoms with Crippen LogP contribution in [0.25, 0.3) is 21.1 Å². The number of halogens is 1. The zero-order valence-corrected chi connectivity index (χ0v) is 12.6. The van der Waals surface area contributed by atoms with Gasteiger partial charge in [0.05, 0.1) is 11.1 Å². The van der Waals surface area contributed by atoms with Crippen molar-refractivity contribution in [3.05, 3.63) is 70.3 Å². The van der Waals surface area contributed by atoms with Crippen LogP contribution < -0.4 is 5.73 Å². The lowest BCUT2D eigenvalue weighted by Gasteiger charge is -2.04. The Bertz CT molecular complexity index is 907. The van der Waals surface area contributed by atoms with Gasteiger partial charge in [0.25, 0.3) is 0 Å². The highest BCUT2D eigenvalue weighted by Gasteiger charge is 2.17. The summed E-state index contributed by atoms with van der Waals surface area (Å²) in [5.74, 6) is 0.740. The molecule has 2 aromatic heterocycles. The van der Waals surface area contributed by atoms with Crippen LogP contribution in [0.3, 0.4) is 0 Å². The number of rotatable bonds is 2. The Kier molecular flexibility index (Phi) is 3.00. The monoisotopic (exact) mass is 313 g/mol. The topological polar surface area (TPSA) is 39.2 Å². The van der Waals surface area contributed by atoms with Gasteiger partial charge in [0.15, 0.2) is 0 Å². The molecule has 2 heterocycles. The van der Waals surface area contributed by atoms with E-state index >= 15 is 0 Å². The maximum Gasteiger partial charge on any atom is 0.135 e. The summed E-state index contributed by atoms with van der Waals surface area (Å²) in [6.07, 6.45) is 0. The summed E-state index contributed by atoms with van der Waals surface area (Å²) < 4.78 is 7.09. The fraction of sp³-hybridized carbons (Fsp3) is 0.0588. The standard InChI is InChI=1S/C17H12ClNOS/c18-12-5-3-6-13-11(12)9-14(20-13)17(19)16-8-10-4-1-2-7-15(10)21-16/h1-9,17H,19H2. The molecule has 21 heavy (non-hydrogen) atoms. The van der Waals surface area contributed by atoms with Crippen molar-refractivity contribution in [3.8, 4) is 0 Å². The quantitative estimate of drug-likeness (QED) is 0.542. The predicted octanol–water partition coefficient (Wildman–Crippen LogP) is 5.35. The van der Waals surface area contributed by atoms with Gasteiger partial charge in [0, 0.05) is 15.0 Å². The van der Waals surface area contributed by atoms with Gasteiger partial charge < -0.3 is 10.2 Å². The third kappa shape index (κ3) is 2.14. The van der Waals surface area contributed by atoms with Crippen LogP contribution in [0.5, 0.6) is 0 Å². The number of benzene rings is 2. The molecule has 104 valence electrons. The molecule has 4 aromatic rings. The van der Waals surface area contributed by atoms with Crippen LogP contribution in [-0.4, -0.2) is 0 Å². The normalized spacial score (nSPS) is 13.0. The second-order valence-corrected chi connectivity index (χ2v) is 6.49. The van der Waals surface area contributed by atoms with Gasteiger partial charge in [-0.2, -0.15) is 0 Å². The van der Waals surface area contributed by atoms with E-state index in [0.29, 0.717) is 5.02 Å². The van der Waals surface area contributed by atoms with Gasteiger partial charge in [-0.1, -0.05) is 35.9 Å². The average Bonchev–Trinajstić information content (AvgIpc) is 3.11. The summed E-state index contributed by atoms with van der Waals surface area (Å²) in [4.78, 5) is 1.09. The molecule has 0 fully saturated rings. The smallest absolute Gasteiger partial charge is 0.135 e. The van der Waals surface area contributed by atoms with Crippen LogP contribution in [0.2, 0.25) is 5.02 Å². The predicted molar refractivity (Wildman–Crippen MR) is 89.1 cm³/mol. The molecule has 0 bridgehead atoms. The Hall–Kier alpha value is -1.81. The molecule has 0 amide bonds. The molecule has 2 aromatic carbocycles. The minimum absolute atomic E-state index is 0.272. The zero-order chi connectivity index (χ0) is 14.4. The van der Waals surface area contributed by atoms with Crippen LogP contribution in [0, 0.1) is 0 Å². The van der Waals surface area contributed by atoms with E-state index in [0.717, 1.165) is 21.6 Å². The second-order valence-electron chi connectivity index (χ2n) is 4.96. The van der Waals surface area contributed by atoms with Gasteiger partial charge in [-0.3, -0.25) is 0 Å². The molecule has 2 nitrogen and oxygen atoms in total. The van der Waals surface area contributed by atoms with Gasteiger partial charge in [-0.15, -0.1) is 11.3 Å². The van der Waals surface area contributed by atoms with Gasteiger partial charge in [0.2, 0.25) is 0 Å². The van der Waals surface area contributed by atoms with E-state index in [-0.39, 0.29) is 6.04 Å². The number of nitrogens with two attached hydrogens (primary N) is 1. The van der Waals surface area contributed by atoms with Gasteiger partial charge in [-0.25, -0.2) is 0 Å². The Morgan fingerprint density at radius 1 is 1.05 bits per heavy atom. The first-order valence-electron chi connectivity index (χ1n) is 6.64. The van der Waals surface area contributed by atoms with Crippen LogP contribution >= 0.6 is 22.9 Å². The lowest BCUT2D eigenvalue weighted by atomic mass is 10.1. The molecule has 0 radical (unpaired) electrons. The molecule has 0 aliphatic carbocycles. The molecule has 4 rings (SSSR count). The minimum atomic E-state index is -0.272. The lowest BCUT2D eigenvalue weighted by molar-refractivity contribution is 0.528. The number of furan rings is 1. The van der Waals surface area contributed by atoms with Crippen molar-refractivity contribution < 1.29 is 4.42 Å². The summed E-state index contributed by atoms with van der Waals surface area (Å²) in [6, 6.07) is 17.7. The van der Waals surface area contributed by atoms with E-state index in [1.807, 2.05) is 36.4 Å². The number of thiophene rings is 1. The molecule has 0 saturated carbocycles. The highest BCUT2D eigenvalue weighted by atomic mass is 35.5. The fourth-order valence-electron chi connectivity index (χ4n) is 2.49. The maximum atomic E-state index is 6.37. The molecule has 2 N–H and O–H groups in total. The summed E-state index contributed by atoms with van der Waals surface area (Å²) in [6.45, 7) is 0. The number of fused-ring (bicyclic) bond motifs is 2. The summed E-state index contributed by atoms with van der Waals surface area (Å²) in [5.41, 5.74) is 7.14.